The second-order valence-corrected chi connectivity index (χ2v) is 2.68. The van der Waals surface area contributed by atoms with Gasteiger partial charge in [-0.3, -0.25) is 4.99 Å². The molecule has 1 nitrogen and oxygen atoms in total. The van der Waals surface area contributed by atoms with Crippen LogP contribution in [0.2, 0.25) is 0 Å². The summed E-state index contributed by atoms with van der Waals surface area (Å²) < 4.78 is 0. The molecule has 0 aliphatic heterocycles. The van der Waals surface area contributed by atoms with Crippen molar-refractivity contribution in [1.82, 2.24) is 0 Å². The highest BCUT2D eigenvalue weighted by molar-refractivity contribution is 5.98. The molecule has 0 aliphatic rings. The molecule has 0 aliphatic carbocycles. The van der Waals surface area contributed by atoms with Gasteiger partial charge in [0.25, 0.3) is 0 Å². The zero-order valence-electron chi connectivity index (χ0n) is 7.26. The first-order valence-corrected chi connectivity index (χ1v) is 3.74. The number of rotatable bonds is 1. The topological polar surface area (TPSA) is 12.4 Å². The van der Waals surface area contributed by atoms with Crippen molar-refractivity contribution in [2.24, 2.45) is 4.99 Å². The SMILES string of the molecule is C/N=C(\C)c1cccc(C)c1. The van der Waals surface area contributed by atoms with Crippen LogP contribution in [0.4, 0.5) is 0 Å². The molecule has 0 N–H and O–H groups in total. The fourth-order valence-electron chi connectivity index (χ4n) is 0.999. The van der Waals surface area contributed by atoms with E-state index in [0.717, 1.165) is 5.71 Å². The lowest BCUT2D eigenvalue weighted by Crippen LogP contribution is -1.93. The standard InChI is InChI=1S/C10H13N/c1-8-5-4-6-10(7-8)9(2)11-3/h4-7H,1-3H3/b11-9+. The van der Waals surface area contributed by atoms with Crippen LogP contribution in [0.3, 0.4) is 0 Å². The van der Waals surface area contributed by atoms with Crippen molar-refractivity contribution in [2.75, 3.05) is 7.05 Å². The Bertz CT molecular complexity index is 274. The highest BCUT2D eigenvalue weighted by Gasteiger charge is 1.93. The van der Waals surface area contributed by atoms with Crippen LogP contribution < -0.4 is 0 Å². The average molecular weight is 147 g/mol. The van der Waals surface area contributed by atoms with Crippen molar-refractivity contribution in [2.45, 2.75) is 13.8 Å². The minimum Gasteiger partial charge on any atom is -0.293 e. The van der Waals surface area contributed by atoms with Crippen LogP contribution in [-0.2, 0) is 0 Å². The molecule has 0 spiro atoms. The Morgan fingerprint density at radius 2 is 2.09 bits per heavy atom. The molecule has 0 amide bonds. The lowest BCUT2D eigenvalue weighted by Gasteiger charge is -1.99. The van der Waals surface area contributed by atoms with E-state index in [1.54, 1.807) is 0 Å². The summed E-state index contributed by atoms with van der Waals surface area (Å²) in [5.74, 6) is 0. The van der Waals surface area contributed by atoms with Gasteiger partial charge in [-0.2, -0.15) is 0 Å². The summed E-state index contributed by atoms with van der Waals surface area (Å²) in [4.78, 5) is 4.12. The van der Waals surface area contributed by atoms with Gasteiger partial charge < -0.3 is 0 Å². The predicted molar refractivity (Wildman–Crippen MR) is 49.3 cm³/mol. The van der Waals surface area contributed by atoms with E-state index in [1.807, 2.05) is 14.0 Å². The molecule has 11 heavy (non-hydrogen) atoms. The van der Waals surface area contributed by atoms with Gasteiger partial charge >= 0.3 is 0 Å². The first-order chi connectivity index (χ1) is 5.24. The number of aryl methyl sites for hydroxylation is 1. The van der Waals surface area contributed by atoms with Crippen molar-refractivity contribution < 1.29 is 0 Å². The normalized spacial score (nSPS) is 11.7. The Balaban J connectivity index is 3.06. The molecule has 1 heteroatoms. The van der Waals surface area contributed by atoms with Gasteiger partial charge in [0.1, 0.15) is 0 Å². The third-order valence-corrected chi connectivity index (χ3v) is 1.77. The summed E-state index contributed by atoms with van der Waals surface area (Å²) in [6.07, 6.45) is 0. The van der Waals surface area contributed by atoms with Gasteiger partial charge in [-0.25, -0.2) is 0 Å². The summed E-state index contributed by atoms with van der Waals surface area (Å²) >= 11 is 0. The van der Waals surface area contributed by atoms with Crippen molar-refractivity contribution in [3.63, 3.8) is 0 Å². The van der Waals surface area contributed by atoms with E-state index >= 15 is 0 Å². The fourth-order valence-corrected chi connectivity index (χ4v) is 0.999. The van der Waals surface area contributed by atoms with Gasteiger partial charge in [-0.15, -0.1) is 0 Å². The molecular weight excluding hydrogens is 134 g/mol. The van der Waals surface area contributed by atoms with Gasteiger partial charge in [0.2, 0.25) is 0 Å². The van der Waals surface area contributed by atoms with Crippen molar-refractivity contribution in [3.05, 3.63) is 35.4 Å². The summed E-state index contributed by atoms with van der Waals surface area (Å²) in [5.41, 5.74) is 3.59. The summed E-state index contributed by atoms with van der Waals surface area (Å²) in [5, 5.41) is 0. The highest BCUT2D eigenvalue weighted by Crippen LogP contribution is 2.04. The van der Waals surface area contributed by atoms with E-state index in [2.05, 4.69) is 36.2 Å². The average Bonchev–Trinajstić information content (AvgIpc) is 2.03. The molecule has 0 atom stereocenters. The van der Waals surface area contributed by atoms with Gasteiger partial charge in [0.15, 0.2) is 0 Å². The van der Waals surface area contributed by atoms with Crippen LogP contribution in [0.15, 0.2) is 29.3 Å². The number of hydrogen-bond donors (Lipinski definition) is 0. The first-order valence-electron chi connectivity index (χ1n) is 3.74. The number of hydrogen-bond acceptors (Lipinski definition) is 1. The molecule has 58 valence electrons. The molecule has 0 unspecified atom stereocenters. The van der Waals surface area contributed by atoms with Crippen molar-refractivity contribution >= 4 is 5.71 Å². The maximum absolute atomic E-state index is 4.12. The van der Waals surface area contributed by atoms with Crippen LogP contribution in [-0.4, -0.2) is 12.8 Å². The van der Waals surface area contributed by atoms with Crippen LogP contribution in [0.1, 0.15) is 18.1 Å². The monoisotopic (exact) mass is 147 g/mol. The van der Waals surface area contributed by atoms with E-state index in [0.29, 0.717) is 0 Å². The largest absolute Gasteiger partial charge is 0.293 e. The van der Waals surface area contributed by atoms with E-state index in [-0.39, 0.29) is 0 Å². The molecule has 0 saturated carbocycles. The first kappa shape index (κ1) is 7.99. The van der Waals surface area contributed by atoms with Gasteiger partial charge in [0, 0.05) is 12.8 Å². The second-order valence-electron chi connectivity index (χ2n) is 2.68. The molecule has 0 radical (unpaired) electrons. The number of nitrogens with zero attached hydrogens (tertiary/aromatic N) is 1. The Morgan fingerprint density at radius 1 is 1.36 bits per heavy atom. The molecule has 0 heterocycles. The Kier molecular flexibility index (Phi) is 2.42. The third-order valence-electron chi connectivity index (χ3n) is 1.77. The number of benzene rings is 1. The number of aliphatic imine (C=N–C) groups is 1. The molecule has 0 aromatic heterocycles. The van der Waals surface area contributed by atoms with Crippen LogP contribution in [0, 0.1) is 6.92 Å². The van der Waals surface area contributed by atoms with Crippen molar-refractivity contribution in [1.29, 1.82) is 0 Å². The smallest absolute Gasteiger partial charge is 0.0386 e. The van der Waals surface area contributed by atoms with E-state index < -0.39 is 0 Å². The van der Waals surface area contributed by atoms with Gasteiger partial charge in [-0.1, -0.05) is 29.8 Å². The Hall–Kier alpha value is -1.11. The molecule has 0 saturated heterocycles. The van der Waals surface area contributed by atoms with Crippen LogP contribution >= 0.6 is 0 Å². The quantitative estimate of drug-likeness (QED) is 0.541. The fraction of sp³-hybridized carbons (Fsp3) is 0.300. The zero-order valence-corrected chi connectivity index (χ0v) is 7.26. The summed E-state index contributed by atoms with van der Waals surface area (Å²) in [6, 6.07) is 8.36. The second kappa shape index (κ2) is 3.33. The lowest BCUT2D eigenvalue weighted by atomic mass is 10.1. The minimum atomic E-state index is 1.09. The molecular formula is C10H13N. The molecule has 1 rings (SSSR count). The Labute approximate surface area is 67.8 Å². The molecule has 1 aromatic carbocycles. The van der Waals surface area contributed by atoms with Gasteiger partial charge in [-0.05, 0) is 19.4 Å². The third kappa shape index (κ3) is 1.90. The maximum atomic E-state index is 4.12. The molecule has 0 bridgehead atoms. The van der Waals surface area contributed by atoms with Crippen LogP contribution in [0.25, 0.3) is 0 Å². The van der Waals surface area contributed by atoms with Gasteiger partial charge in [0.05, 0.1) is 0 Å². The zero-order chi connectivity index (χ0) is 8.27. The molecule has 0 fully saturated rings. The van der Waals surface area contributed by atoms with E-state index in [9.17, 15) is 0 Å². The summed E-state index contributed by atoms with van der Waals surface area (Å²) in [7, 11) is 1.82. The minimum absolute atomic E-state index is 1.09. The highest BCUT2D eigenvalue weighted by atomic mass is 14.7. The lowest BCUT2D eigenvalue weighted by molar-refractivity contribution is 1.39. The van der Waals surface area contributed by atoms with E-state index in [1.165, 1.54) is 11.1 Å². The molecule has 1 aromatic rings. The summed E-state index contributed by atoms with van der Waals surface area (Å²) in [6.45, 7) is 4.11. The van der Waals surface area contributed by atoms with Crippen molar-refractivity contribution in [3.8, 4) is 0 Å². The van der Waals surface area contributed by atoms with Crippen LogP contribution in [0.5, 0.6) is 0 Å². The predicted octanol–water partition coefficient (Wildman–Crippen LogP) is 2.43. The maximum Gasteiger partial charge on any atom is 0.0386 e. The Morgan fingerprint density at radius 3 is 2.64 bits per heavy atom. The van der Waals surface area contributed by atoms with E-state index in [4.69, 9.17) is 0 Å².